The number of nitrogens with zero attached hydrogens (tertiary/aromatic N) is 1. The Bertz CT molecular complexity index is 1810. The highest BCUT2D eigenvalue weighted by Crippen LogP contribution is 2.45. The molecule has 1 aliphatic heterocycles. The van der Waals surface area contributed by atoms with Crippen molar-refractivity contribution >= 4 is 40.8 Å². The summed E-state index contributed by atoms with van der Waals surface area (Å²) < 4.78 is 28.6. The smallest absolute Gasteiger partial charge is 0.343 e. The molecule has 5 rings (SSSR count). The standard InChI is InChI=1S/C34H27Cl3N2O6/c1-3-12-42-32-26(36)13-21(14-27(32)37)34(40)44-22-9-10-23-29(16-22)45-33(39)24(17-38)31(23)19-8-11-28(30(15-19)41-2)43-18-20-6-4-5-7-25(20)35/h4-11,13-16,31H,3,12,18,39H2,1-2H3. The number of carbonyl (C=O) groups is 1. The summed E-state index contributed by atoms with van der Waals surface area (Å²) >= 11 is 18.9. The molecule has 11 heteroatoms. The van der Waals surface area contributed by atoms with Crippen LogP contribution in [-0.4, -0.2) is 19.7 Å². The molecule has 0 aromatic heterocycles. The van der Waals surface area contributed by atoms with Gasteiger partial charge < -0.3 is 29.4 Å². The van der Waals surface area contributed by atoms with Gasteiger partial charge in [0.1, 0.15) is 29.7 Å². The number of benzene rings is 4. The summed E-state index contributed by atoms with van der Waals surface area (Å²) in [5.41, 5.74) is 8.73. The lowest BCUT2D eigenvalue weighted by Gasteiger charge is -2.27. The third kappa shape index (κ3) is 6.91. The van der Waals surface area contributed by atoms with Crippen LogP contribution in [0.1, 0.15) is 46.3 Å². The molecule has 0 saturated carbocycles. The molecule has 0 fully saturated rings. The van der Waals surface area contributed by atoms with Crippen molar-refractivity contribution in [1.82, 2.24) is 0 Å². The van der Waals surface area contributed by atoms with Crippen molar-refractivity contribution < 1.29 is 28.5 Å². The zero-order chi connectivity index (χ0) is 32.1. The van der Waals surface area contributed by atoms with Crippen molar-refractivity contribution in [2.75, 3.05) is 13.7 Å². The van der Waals surface area contributed by atoms with Gasteiger partial charge in [-0.25, -0.2) is 4.79 Å². The van der Waals surface area contributed by atoms with Crippen molar-refractivity contribution in [3.8, 4) is 34.8 Å². The van der Waals surface area contributed by atoms with Crippen LogP contribution in [0.2, 0.25) is 15.1 Å². The van der Waals surface area contributed by atoms with E-state index in [0.29, 0.717) is 45.8 Å². The van der Waals surface area contributed by atoms with Gasteiger partial charge >= 0.3 is 5.97 Å². The molecule has 2 N–H and O–H groups in total. The average molecular weight is 666 g/mol. The first-order valence-electron chi connectivity index (χ1n) is 13.8. The molecule has 0 amide bonds. The summed E-state index contributed by atoms with van der Waals surface area (Å²) in [4.78, 5) is 13.0. The molecule has 4 aromatic carbocycles. The largest absolute Gasteiger partial charge is 0.493 e. The fraction of sp³-hybridized carbons (Fsp3) is 0.176. The molecule has 0 radical (unpaired) electrons. The number of carbonyl (C=O) groups excluding carboxylic acids is 1. The lowest BCUT2D eigenvalue weighted by Crippen LogP contribution is -2.21. The molecular weight excluding hydrogens is 639 g/mol. The Kier molecular flexibility index (Phi) is 9.94. The average Bonchev–Trinajstić information content (AvgIpc) is 3.03. The first kappa shape index (κ1) is 31.9. The van der Waals surface area contributed by atoms with Crippen LogP contribution in [0.4, 0.5) is 0 Å². The zero-order valence-corrected chi connectivity index (χ0v) is 26.5. The predicted molar refractivity (Wildman–Crippen MR) is 172 cm³/mol. The fourth-order valence-electron chi connectivity index (χ4n) is 4.78. The molecule has 8 nitrogen and oxygen atoms in total. The Hall–Kier alpha value is -4.55. The van der Waals surface area contributed by atoms with E-state index < -0.39 is 11.9 Å². The highest BCUT2D eigenvalue weighted by Gasteiger charge is 2.32. The summed E-state index contributed by atoms with van der Waals surface area (Å²) in [5, 5.41) is 11.0. The topological polar surface area (TPSA) is 113 Å². The van der Waals surface area contributed by atoms with Crippen LogP contribution in [0, 0.1) is 11.3 Å². The van der Waals surface area contributed by atoms with E-state index >= 15 is 0 Å². The second-order valence-electron chi connectivity index (χ2n) is 9.92. The number of halogens is 3. The summed E-state index contributed by atoms with van der Waals surface area (Å²) in [6.07, 6.45) is 0.769. The minimum Gasteiger partial charge on any atom is -0.493 e. The normalized spacial score (nSPS) is 13.7. The number of hydrogen-bond acceptors (Lipinski definition) is 8. The van der Waals surface area contributed by atoms with Crippen LogP contribution in [0.25, 0.3) is 0 Å². The Morgan fingerprint density at radius 1 is 0.956 bits per heavy atom. The van der Waals surface area contributed by atoms with Gasteiger partial charge in [0, 0.05) is 22.2 Å². The maximum Gasteiger partial charge on any atom is 0.343 e. The molecule has 45 heavy (non-hydrogen) atoms. The van der Waals surface area contributed by atoms with Crippen LogP contribution >= 0.6 is 34.8 Å². The van der Waals surface area contributed by atoms with E-state index in [2.05, 4.69) is 6.07 Å². The lowest BCUT2D eigenvalue weighted by atomic mass is 9.83. The second-order valence-corrected chi connectivity index (χ2v) is 11.1. The number of hydrogen-bond donors (Lipinski definition) is 1. The van der Waals surface area contributed by atoms with Crippen molar-refractivity contribution in [3.63, 3.8) is 0 Å². The van der Waals surface area contributed by atoms with E-state index in [1.54, 1.807) is 30.3 Å². The SMILES string of the molecule is CCCOc1c(Cl)cc(C(=O)Oc2ccc3c(c2)OC(N)=C(C#N)C3c2ccc(OCc3ccccc3Cl)c(OC)c2)cc1Cl. The fourth-order valence-corrected chi connectivity index (χ4v) is 5.57. The Balaban J connectivity index is 1.41. The van der Waals surface area contributed by atoms with Gasteiger partial charge in [0.15, 0.2) is 17.2 Å². The molecule has 230 valence electrons. The monoisotopic (exact) mass is 664 g/mol. The Morgan fingerprint density at radius 2 is 1.71 bits per heavy atom. The van der Waals surface area contributed by atoms with Crippen LogP contribution in [0.15, 0.2) is 84.3 Å². The van der Waals surface area contributed by atoms with E-state index in [-0.39, 0.29) is 39.4 Å². The van der Waals surface area contributed by atoms with Crippen LogP contribution in [0.3, 0.4) is 0 Å². The van der Waals surface area contributed by atoms with E-state index in [0.717, 1.165) is 12.0 Å². The minimum atomic E-state index is -0.688. The molecule has 0 aliphatic carbocycles. The number of ether oxygens (including phenoxy) is 5. The third-order valence-electron chi connectivity index (χ3n) is 6.95. The first-order valence-corrected chi connectivity index (χ1v) is 15.0. The number of methoxy groups -OCH3 is 1. The summed E-state index contributed by atoms with van der Waals surface area (Å²) in [7, 11) is 1.53. The number of nitrogens with two attached hydrogens (primary N) is 1. The molecule has 4 aromatic rings. The number of nitriles is 1. The van der Waals surface area contributed by atoms with Gasteiger partial charge in [0.05, 0.1) is 35.2 Å². The van der Waals surface area contributed by atoms with Crippen molar-refractivity contribution in [1.29, 1.82) is 5.26 Å². The van der Waals surface area contributed by atoms with E-state index in [1.807, 2.05) is 31.2 Å². The molecule has 0 spiro atoms. The summed E-state index contributed by atoms with van der Waals surface area (Å²) in [5.74, 6) is 0.406. The van der Waals surface area contributed by atoms with Crippen molar-refractivity contribution in [2.45, 2.75) is 25.9 Å². The molecular formula is C34H27Cl3N2O6. The highest BCUT2D eigenvalue weighted by molar-refractivity contribution is 6.37. The van der Waals surface area contributed by atoms with E-state index in [9.17, 15) is 10.1 Å². The van der Waals surface area contributed by atoms with Gasteiger partial charge in [-0.15, -0.1) is 0 Å². The highest BCUT2D eigenvalue weighted by atomic mass is 35.5. The molecule has 1 aliphatic rings. The van der Waals surface area contributed by atoms with Crippen LogP contribution in [0.5, 0.6) is 28.7 Å². The molecule has 1 atom stereocenters. The van der Waals surface area contributed by atoms with Gasteiger partial charge in [-0.2, -0.15) is 5.26 Å². The van der Waals surface area contributed by atoms with Crippen molar-refractivity contribution in [3.05, 3.63) is 122 Å². The van der Waals surface area contributed by atoms with Gasteiger partial charge in [-0.3, -0.25) is 0 Å². The molecule has 1 unspecified atom stereocenters. The number of fused-ring (bicyclic) bond motifs is 1. The second kappa shape index (κ2) is 14.0. The van der Waals surface area contributed by atoms with Gasteiger partial charge in [-0.1, -0.05) is 72.1 Å². The molecule has 1 heterocycles. The maximum absolute atomic E-state index is 13.0. The van der Waals surface area contributed by atoms with Gasteiger partial charge in [0.2, 0.25) is 5.88 Å². The number of esters is 1. The first-order chi connectivity index (χ1) is 21.7. The zero-order valence-electron chi connectivity index (χ0n) is 24.2. The summed E-state index contributed by atoms with van der Waals surface area (Å²) in [6.45, 7) is 2.62. The number of allylic oxidation sites excluding steroid dienone is 1. The maximum atomic E-state index is 13.0. The predicted octanol–water partition coefficient (Wildman–Crippen LogP) is 8.46. The van der Waals surface area contributed by atoms with Gasteiger partial charge in [0.25, 0.3) is 0 Å². The van der Waals surface area contributed by atoms with Crippen LogP contribution < -0.4 is 29.4 Å². The van der Waals surface area contributed by atoms with E-state index in [4.69, 9.17) is 64.2 Å². The minimum absolute atomic E-state index is 0.0716. The van der Waals surface area contributed by atoms with Crippen LogP contribution in [-0.2, 0) is 6.61 Å². The quantitative estimate of drug-likeness (QED) is 0.133. The third-order valence-corrected chi connectivity index (χ3v) is 7.88. The Labute approximate surface area is 275 Å². The Morgan fingerprint density at radius 3 is 2.40 bits per heavy atom. The van der Waals surface area contributed by atoms with E-state index in [1.165, 1.54) is 25.3 Å². The lowest BCUT2D eigenvalue weighted by molar-refractivity contribution is 0.0734. The molecule has 0 saturated heterocycles. The number of rotatable bonds is 10. The molecule has 0 bridgehead atoms. The van der Waals surface area contributed by atoms with Crippen molar-refractivity contribution in [2.24, 2.45) is 5.73 Å². The van der Waals surface area contributed by atoms with Gasteiger partial charge in [-0.05, 0) is 48.4 Å². The summed E-state index contributed by atoms with van der Waals surface area (Å²) in [6, 6.07) is 22.6.